The zero-order chi connectivity index (χ0) is 13.2. The Bertz CT molecular complexity index is 333. The molecule has 1 saturated carbocycles. The average Bonchev–Trinajstić information content (AvgIpc) is 2.21. The third-order valence-corrected chi connectivity index (χ3v) is 5.39. The molecule has 1 aliphatic carbocycles. The lowest BCUT2D eigenvalue weighted by atomic mass is 9.84. The molecular weight excluding hydrogens is 252 g/mol. The molecule has 1 heterocycles. The number of carboxylic acids is 1. The Morgan fingerprint density at radius 1 is 1.44 bits per heavy atom. The van der Waals surface area contributed by atoms with Crippen molar-refractivity contribution in [3.05, 3.63) is 0 Å². The monoisotopic (exact) mass is 272 g/mol. The summed E-state index contributed by atoms with van der Waals surface area (Å²) in [6.45, 7) is 1.88. The van der Waals surface area contributed by atoms with Gasteiger partial charge in [-0.2, -0.15) is 11.8 Å². The fraction of sp³-hybridized carbons (Fsp3) is 0.833. The van der Waals surface area contributed by atoms with Crippen molar-refractivity contribution < 1.29 is 14.7 Å². The highest BCUT2D eigenvalue weighted by Crippen LogP contribution is 2.42. The lowest BCUT2D eigenvalue weighted by Crippen LogP contribution is -2.56. The average molecular weight is 272 g/mol. The minimum atomic E-state index is -0.782. The second-order valence-electron chi connectivity index (χ2n) is 5.27. The van der Waals surface area contributed by atoms with Crippen LogP contribution >= 0.6 is 11.8 Å². The number of carbonyl (C=O) groups excluding carboxylic acids is 1. The van der Waals surface area contributed by atoms with Gasteiger partial charge < -0.3 is 15.3 Å². The van der Waals surface area contributed by atoms with Crippen LogP contribution in [0.5, 0.6) is 0 Å². The van der Waals surface area contributed by atoms with Gasteiger partial charge in [-0.3, -0.25) is 4.79 Å². The van der Waals surface area contributed by atoms with E-state index in [1.165, 1.54) is 19.3 Å². The summed E-state index contributed by atoms with van der Waals surface area (Å²) in [5.74, 6) is -0.651. The van der Waals surface area contributed by atoms with Crippen LogP contribution in [-0.4, -0.2) is 52.6 Å². The number of likely N-dealkylation sites (tertiary alicyclic amines) is 1. The minimum Gasteiger partial charge on any atom is -0.481 e. The molecule has 2 aliphatic rings. The summed E-state index contributed by atoms with van der Waals surface area (Å²) in [5, 5.41) is 11.6. The number of hydrogen-bond donors (Lipinski definition) is 2. The van der Waals surface area contributed by atoms with E-state index < -0.39 is 5.97 Å². The van der Waals surface area contributed by atoms with Gasteiger partial charge in [-0.15, -0.1) is 0 Å². The molecule has 1 saturated heterocycles. The predicted molar refractivity (Wildman–Crippen MR) is 70.8 cm³/mol. The van der Waals surface area contributed by atoms with E-state index in [-0.39, 0.29) is 23.1 Å². The molecule has 5 nitrogen and oxygen atoms in total. The third-order valence-electron chi connectivity index (χ3n) is 3.97. The second-order valence-corrected chi connectivity index (χ2v) is 6.54. The third kappa shape index (κ3) is 2.91. The maximum atomic E-state index is 11.8. The summed E-state index contributed by atoms with van der Waals surface area (Å²) in [4.78, 5) is 24.0. The first kappa shape index (κ1) is 13.5. The van der Waals surface area contributed by atoms with E-state index in [4.69, 9.17) is 5.11 Å². The molecule has 1 aliphatic heterocycles. The molecular formula is C12H20N2O3S. The summed E-state index contributed by atoms with van der Waals surface area (Å²) >= 11 is 1.84. The van der Waals surface area contributed by atoms with Gasteiger partial charge in [0, 0.05) is 30.3 Å². The van der Waals surface area contributed by atoms with E-state index in [2.05, 4.69) is 11.6 Å². The summed E-state index contributed by atoms with van der Waals surface area (Å²) in [5.41, 5.74) is 0. The largest absolute Gasteiger partial charge is 0.481 e. The van der Waals surface area contributed by atoms with E-state index >= 15 is 0 Å². The first-order valence-electron chi connectivity index (χ1n) is 6.34. The van der Waals surface area contributed by atoms with Crippen LogP contribution in [0.25, 0.3) is 0 Å². The smallest absolute Gasteiger partial charge is 0.317 e. The van der Waals surface area contributed by atoms with E-state index in [9.17, 15) is 9.59 Å². The van der Waals surface area contributed by atoms with Crippen LogP contribution in [0.15, 0.2) is 0 Å². The summed E-state index contributed by atoms with van der Waals surface area (Å²) in [7, 11) is 0. The highest BCUT2D eigenvalue weighted by Gasteiger charge is 2.38. The van der Waals surface area contributed by atoms with E-state index in [1.54, 1.807) is 4.90 Å². The maximum absolute atomic E-state index is 11.8. The Morgan fingerprint density at radius 2 is 2.11 bits per heavy atom. The van der Waals surface area contributed by atoms with Gasteiger partial charge >= 0.3 is 12.0 Å². The SMILES string of the molecule is CSC1(CNC(=O)N2CC(CC(=O)O)C2)CCC1. The van der Waals surface area contributed by atoms with Crippen molar-refractivity contribution in [2.75, 3.05) is 25.9 Å². The van der Waals surface area contributed by atoms with Crippen molar-refractivity contribution >= 4 is 23.8 Å². The van der Waals surface area contributed by atoms with E-state index in [0.717, 1.165) is 6.54 Å². The van der Waals surface area contributed by atoms with Gasteiger partial charge in [0.2, 0.25) is 0 Å². The Balaban J connectivity index is 1.66. The second kappa shape index (κ2) is 5.38. The van der Waals surface area contributed by atoms with Crippen molar-refractivity contribution in [1.29, 1.82) is 0 Å². The summed E-state index contributed by atoms with van der Waals surface area (Å²) in [6, 6.07) is -0.0445. The molecule has 0 aromatic heterocycles. The van der Waals surface area contributed by atoms with Gasteiger partial charge in [0.25, 0.3) is 0 Å². The minimum absolute atomic E-state index is 0.0445. The Labute approximate surface area is 111 Å². The lowest BCUT2D eigenvalue weighted by Gasteiger charge is -2.43. The first-order chi connectivity index (χ1) is 8.54. The molecule has 0 aromatic rings. The number of rotatable bonds is 5. The van der Waals surface area contributed by atoms with Crippen LogP contribution in [0.2, 0.25) is 0 Å². The molecule has 18 heavy (non-hydrogen) atoms. The van der Waals surface area contributed by atoms with Gasteiger partial charge in [0.15, 0.2) is 0 Å². The van der Waals surface area contributed by atoms with Gasteiger partial charge in [-0.05, 0) is 19.1 Å². The molecule has 0 bridgehead atoms. The van der Waals surface area contributed by atoms with E-state index in [1.807, 2.05) is 11.8 Å². The fourth-order valence-electron chi connectivity index (χ4n) is 2.48. The van der Waals surface area contributed by atoms with Crippen molar-refractivity contribution in [1.82, 2.24) is 10.2 Å². The van der Waals surface area contributed by atoms with Crippen molar-refractivity contribution in [2.45, 2.75) is 30.4 Å². The number of nitrogens with zero attached hydrogens (tertiary/aromatic N) is 1. The Morgan fingerprint density at radius 3 is 2.56 bits per heavy atom. The van der Waals surface area contributed by atoms with Crippen LogP contribution < -0.4 is 5.32 Å². The molecule has 6 heteroatoms. The van der Waals surface area contributed by atoms with Crippen LogP contribution in [0.3, 0.4) is 0 Å². The number of aliphatic carboxylic acids is 1. The zero-order valence-electron chi connectivity index (χ0n) is 10.6. The Hall–Kier alpha value is -0.910. The highest BCUT2D eigenvalue weighted by atomic mass is 32.2. The van der Waals surface area contributed by atoms with Gasteiger partial charge in [-0.25, -0.2) is 4.79 Å². The molecule has 0 unspecified atom stereocenters. The van der Waals surface area contributed by atoms with Crippen molar-refractivity contribution in [3.63, 3.8) is 0 Å². The quantitative estimate of drug-likeness (QED) is 0.793. The van der Waals surface area contributed by atoms with Crippen molar-refractivity contribution in [3.8, 4) is 0 Å². The number of nitrogens with one attached hydrogen (secondary N) is 1. The number of urea groups is 1. The standard InChI is InChI=1S/C12H20N2O3S/c1-18-12(3-2-4-12)8-13-11(17)14-6-9(7-14)5-10(15)16/h9H,2-8H2,1H3,(H,13,17)(H,15,16). The summed E-state index contributed by atoms with van der Waals surface area (Å²) in [6.07, 6.45) is 5.86. The number of hydrogen-bond acceptors (Lipinski definition) is 3. The number of amides is 2. The molecule has 0 spiro atoms. The Kier molecular flexibility index (Phi) is 4.04. The zero-order valence-corrected chi connectivity index (χ0v) is 11.5. The van der Waals surface area contributed by atoms with Crippen LogP contribution in [0, 0.1) is 5.92 Å². The van der Waals surface area contributed by atoms with Gasteiger partial charge in [0.05, 0.1) is 6.42 Å². The van der Waals surface area contributed by atoms with E-state index in [0.29, 0.717) is 13.1 Å². The fourth-order valence-corrected chi connectivity index (χ4v) is 3.40. The lowest BCUT2D eigenvalue weighted by molar-refractivity contribution is -0.139. The normalized spacial score (nSPS) is 21.9. The number of thioether (sulfide) groups is 1. The molecule has 0 aromatic carbocycles. The highest BCUT2D eigenvalue weighted by molar-refractivity contribution is 8.00. The van der Waals surface area contributed by atoms with Gasteiger partial charge in [0.1, 0.15) is 0 Å². The maximum Gasteiger partial charge on any atom is 0.317 e. The molecule has 2 amide bonds. The van der Waals surface area contributed by atoms with Crippen LogP contribution in [-0.2, 0) is 4.79 Å². The molecule has 2 rings (SSSR count). The molecule has 0 atom stereocenters. The van der Waals surface area contributed by atoms with Crippen molar-refractivity contribution in [2.24, 2.45) is 5.92 Å². The molecule has 2 N–H and O–H groups in total. The molecule has 2 fully saturated rings. The van der Waals surface area contributed by atoms with Crippen LogP contribution in [0.4, 0.5) is 4.79 Å². The summed E-state index contributed by atoms with van der Waals surface area (Å²) < 4.78 is 0.251. The first-order valence-corrected chi connectivity index (χ1v) is 7.57. The van der Waals surface area contributed by atoms with Crippen LogP contribution in [0.1, 0.15) is 25.7 Å². The number of carboxylic acid groups (broad SMARTS) is 1. The predicted octanol–water partition coefficient (Wildman–Crippen LogP) is 1.39. The number of carbonyl (C=O) groups is 2. The molecule has 102 valence electrons. The topological polar surface area (TPSA) is 69.6 Å². The van der Waals surface area contributed by atoms with Gasteiger partial charge in [-0.1, -0.05) is 6.42 Å². The molecule has 0 radical (unpaired) electrons.